The summed E-state index contributed by atoms with van der Waals surface area (Å²) in [6.07, 6.45) is 3.29. The monoisotopic (exact) mass is 383 g/mol. The average Bonchev–Trinajstić information content (AvgIpc) is 2.63. The Hall–Kier alpha value is -2.80. The molecule has 1 heterocycles. The number of anilines is 1. The van der Waals surface area contributed by atoms with E-state index in [9.17, 15) is 0 Å². The maximum atomic E-state index is 5.19. The number of benzene rings is 2. The fraction of sp³-hybridized carbons (Fsp3) is 0.0588. The Bertz CT molecular complexity index is 855. The van der Waals surface area contributed by atoms with Crippen molar-refractivity contribution in [2.75, 3.05) is 12.5 Å². The zero-order valence-electron chi connectivity index (χ0n) is 12.8. The first-order valence-corrected chi connectivity index (χ1v) is 7.93. The molecule has 0 saturated heterocycles. The van der Waals surface area contributed by atoms with Crippen molar-refractivity contribution in [2.45, 2.75) is 0 Å². The Morgan fingerprint density at radius 1 is 1.17 bits per heavy atom. The van der Waals surface area contributed by atoms with Crippen LogP contribution in [0.4, 0.5) is 5.95 Å². The van der Waals surface area contributed by atoms with Gasteiger partial charge in [-0.25, -0.2) is 10.4 Å². The van der Waals surface area contributed by atoms with Crippen LogP contribution in [-0.4, -0.2) is 28.5 Å². The minimum atomic E-state index is 0.334. The predicted octanol–water partition coefficient (Wildman–Crippen LogP) is 3.76. The molecule has 0 aliphatic heterocycles. The molecule has 0 saturated carbocycles. The van der Waals surface area contributed by atoms with Gasteiger partial charge in [0.05, 0.1) is 29.7 Å². The van der Waals surface area contributed by atoms with Crippen molar-refractivity contribution in [1.82, 2.24) is 15.2 Å². The lowest BCUT2D eigenvalue weighted by molar-refractivity contribution is 0.412. The van der Waals surface area contributed by atoms with Crippen LogP contribution in [0, 0.1) is 0 Å². The van der Waals surface area contributed by atoms with Gasteiger partial charge in [0, 0.05) is 5.56 Å². The first kappa shape index (κ1) is 16.1. The number of nitrogens with one attached hydrogen (secondary N) is 1. The van der Waals surface area contributed by atoms with E-state index in [1.54, 1.807) is 19.5 Å². The fourth-order valence-electron chi connectivity index (χ4n) is 2.03. The van der Waals surface area contributed by atoms with E-state index in [1.807, 2.05) is 48.5 Å². The third-order valence-electron chi connectivity index (χ3n) is 3.18. The standard InChI is InChI=1S/C17H14BrN5O/c1-24-16-8-7-12(9-14(16)18)10-19-22-17-21-15(11-20-23-17)13-5-3-2-4-6-13/h2-11H,1H3,(H,21,22,23)/b19-10-. The van der Waals surface area contributed by atoms with Crippen LogP contribution in [0.1, 0.15) is 5.56 Å². The molecular weight excluding hydrogens is 370 g/mol. The minimum Gasteiger partial charge on any atom is -0.496 e. The third kappa shape index (κ3) is 3.94. The Labute approximate surface area is 147 Å². The van der Waals surface area contributed by atoms with Crippen molar-refractivity contribution in [3.63, 3.8) is 0 Å². The molecule has 0 aliphatic rings. The van der Waals surface area contributed by atoms with Gasteiger partial charge in [-0.3, -0.25) is 0 Å². The fourth-order valence-corrected chi connectivity index (χ4v) is 2.58. The Balaban J connectivity index is 1.72. The van der Waals surface area contributed by atoms with Gasteiger partial charge in [0.25, 0.3) is 5.95 Å². The lowest BCUT2D eigenvalue weighted by Gasteiger charge is -2.03. The van der Waals surface area contributed by atoms with Crippen LogP contribution >= 0.6 is 15.9 Å². The number of hydrazone groups is 1. The summed E-state index contributed by atoms with van der Waals surface area (Å²) in [7, 11) is 1.62. The van der Waals surface area contributed by atoms with Crippen molar-refractivity contribution in [3.05, 3.63) is 64.8 Å². The SMILES string of the molecule is COc1ccc(/C=N\Nc2nncc(-c3ccccc3)n2)cc1Br. The molecule has 0 aliphatic carbocycles. The van der Waals surface area contributed by atoms with Crippen LogP contribution in [0.15, 0.2) is 64.3 Å². The third-order valence-corrected chi connectivity index (χ3v) is 3.80. The number of ether oxygens (including phenoxy) is 1. The van der Waals surface area contributed by atoms with Gasteiger partial charge < -0.3 is 4.74 Å². The first-order valence-electron chi connectivity index (χ1n) is 7.14. The molecule has 0 amide bonds. The lowest BCUT2D eigenvalue weighted by Crippen LogP contribution is -2.00. The maximum Gasteiger partial charge on any atom is 0.263 e. The average molecular weight is 384 g/mol. The molecule has 0 fully saturated rings. The number of aromatic nitrogens is 3. The van der Waals surface area contributed by atoms with Gasteiger partial charge in [-0.1, -0.05) is 30.3 Å². The summed E-state index contributed by atoms with van der Waals surface area (Å²) in [6, 6.07) is 15.4. The molecule has 3 rings (SSSR count). The highest BCUT2D eigenvalue weighted by atomic mass is 79.9. The molecule has 1 aromatic heterocycles. The normalized spacial score (nSPS) is 10.8. The van der Waals surface area contributed by atoms with E-state index >= 15 is 0 Å². The van der Waals surface area contributed by atoms with Gasteiger partial charge in [-0.2, -0.15) is 10.2 Å². The molecular formula is C17H14BrN5O. The van der Waals surface area contributed by atoms with Crippen molar-refractivity contribution in [2.24, 2.45) is 5.10 Å². The maximum absolute atomic E-state index is 5.19. The Morgan fingerprint density at radius 3 is 2.75 bits per heavy atom. The van der Waals surface area contributed by atoms with Crippen LogP contribution in [-0.2, 0) is 0 Å². The summed E-state index contributed by atoms with van der Waals surface area (Å²) in [4.78, 5) is 4.39. The molecule has 0 radical (unpaired) electrons. The molecule has 6 nitrogen and oxygen atoms in total. The smallest absolute Gasteiger partial charge is 0.263 e. The molecule has 120 valence electrons. The predicted molar refractivity (Wildman–Crippen MR) is 97.2 cm³/mol. The molecule has 7 heteroatoms. The highest BCUT2D eigenvalue weighted by Gasteiger charge is 2.02. The van der Waals surface area contributed by atoms with Gasteiger partial charge in [-0.15, -0.1) is 5.10 Å². The second-order valence-corrected chi connectivity index (χ2v) is 5.65. The molecule has 0 spiro atoms. The number of hydrogen-bond donors (Lipinski definition) is 1. The summed E-state index contributed by atoms with van der Waals surface area (Å²) in [6.45, 7) is 0. The topological polar surface area (TPSA) is 72.3 Å². The molecule has 2 aromatic carbocycles. The summed E-state index contributed by atoms with van der Waals surface area (Å²) in [5.41, 5.74) is 5.40. The van der Waals surface area contributed by atoms with Gasteiger partial charge in [0.2, 0.25) is 0 Å². The molecule has 0 atom stereocenters. The highest BCUT2D eigenvalue weighted by molar-refractivity contribution is 9.10. The zero-order chi connectivity index (χ0) is 16.8. The van der Waals surface area contributed by atoms with Gasteiger partial charge >= 0.3 is 0 Å². The number of hydrogen-bond acceptors (Lipinski definition) is 6. The zero-order valence-corrected chi connectivity index (χ0v) is 14.4. The second-order valence-electron chi connectivity index (χ2n) is 4.80. The van der Waals surface area contributed by atoms with Crippen molar-refractivity contribution in [3.8, 4) is 17.0 Å². The van der Waals surface area contributed by atoms with E-state index in [1.165, 1.54) is 0 Å². The Kier molecular flexibility index (Phi) is 5.12. The van der Waals surface area contributed by atoms with E-state index in [-0.39, 0.29) is 0 Å². The highest BCUT2D eigenvalue weighted by Crippen LogP contribution is 2.24. The van der Waals surface area contributed by atoms with Crippen LogP contribution in [0.3, 0.4) is 0 Å². The van der Waals surface area contributed by atoms with E-state index in [2.05, 4.69) is 41.6 Å². The number of methoxy groups -OCH3 is 1. The quantitative estimate of drug-likeness (QED) is 0.536. The van der Waals surface area contributed by atoms with Gasteiger partial charge in [-0.05, 0) is 39.7 Å². The Morgan fingerprint density at radius 2 is 2.00 bits per heavy atom. The minimum absolute atomic E-state index is 0.334. The lowest BCUT2D eigenvalue weighted by atomic mass is 10.2. The van der Waals surface area contributed by atoms with Crippen LogP contribution < -0.4 is 10.2 Å². The van der Waals surface area contributed by atoms with Crippen LogP contribution in [0.25, 0.3) is 11.3 Å². The summed E-state index contributed by atoms with van der Waals surface area (Å²) in [5.74, 6) is 1.10. The number of halogens is 1. The van der Waals surface area contributed by atoms with Crippen LogP contribution in [0.2, 0.25) is 0 Å². The summed E-state index contributed by atoms with van der Waals surface area (Å²) in [5, 5.41) is 12.0. The number of nitrogens with zero attached hydrogens (tertiary/aromatic N) is 4. The molecule has 3 aromatic rings. The largest absolute Gasteiger partial charge is 0.496 e. The summed E-state index contributed by atoms with van der Waals surface area (Å²) >= 11 is 3.44. The molecule has 0 unspecified atom stereocenters. The number of rotatable bonds is 5. The van der Waals surface area contributed by atoms with E-state index in [4.69, 9.17) is 4.74 Å². The van der Waals surface area contributed by atoms with Crippen molar-refractivity contribution in [1.29, 1.82) is 0 Å². The molecule has 1 N–H and O–H groups in total. The van der Waals surface area contributed by atoms with E-state index < -0.39 is 0 Å². The van der Waals surface area contributed by atoms with Gasteiger partial charge in [0.15, 0.2) is 0 Å². The van der Waals surface area contributed by atoms with Gasteiger partial charge in [0.1, 0.15) is 5.75 Å². The molecule has 0 bridgehead atoms. The van der Waals surface area contributed by atoms with E-state index in [0.717, 1.165) is 27.0 Å². The molecule has 24 heavy (non-hydrogen) atoms. The second kappa shape index (κ2) is 7.65. The van der Waals surface area contributed by atoms with Crippen molar-refractivity contribution >= 4 is 28.1 Å². The first-order chi connectivity index (χ1) is 11.8. The van der Waals surface area contributed by atoms with Crippen molar-refractivity contribution < 1.29 is 4.74 Å². The van der Waals surface area contributed by atoms with Crippen LogP contribution in [0.5, 0.6) is 5.75 Å². The van der Waals surface area contributed by atoms with E-state index in [0.29, 0.717) is 5.95 Å². The summed E-state index contributed by atoms with van der Waals surface area (Å²) < 4.78 is 6.05.